The highest BCUT2D eigenvalue weighted by molar-refractivity contribution is 7.99. The normalized spacial score (nSPS) is 12.5. The zero-order valence-corrected chi connectivity index (χ0v) is 15.5. The van der Waals surface area contributed by atoms with Gasteiger partial charge in [-0.2, -0.15) is 11.8 Å². The molecule has 4 nitrogen and oxygen atoms in total. The van der Waals surface area contributed by atoms with Crippen LogP contribution in [0.2, 0.25) is 0 Å². The maximum atomic E-state index is 4.49. The molecule has 0 aliphatic carbocycles. The SMILES string of the molecule is CN=C(NCCCCc1nc(C)cs1)NCC(C)(C)SC. The number of unbranched alkanes of at least 4 members (excludes halogenated alkanes) is 1. The number of hydrogen-bond acceptors (Lipinski definition) is 4. The van der Waals surface area contributed by atoms with Gasteiger partial charge in [0.05, 0.1) is 5.01 Å². The number of thiazole rings is 1. The molecule has 0 amide bonds. The van der Waals surface area contributed by atoms with Gasteiger partial charge >= 0.3 is 0 Å². The fourth-order valence-corrected chi connectivity index (χ4v) is 2.75. The third-order valence-electron chi connectivity index (χ3n) is 3.23. The largest absolute Gasteiger partial charge is 0.356 e. The Labute approximate surface area is 137 Å². The Bertz CT molecular complexity index is 441. The number of aryl methyl sites for hydroxylation is 2. The summed E-state index contributed by atoms with van der Waals surface area (Å²) < 4.78 is 0.223. The minimum absolute atomic E-state index is 0.223. The van der Waals surface area contributed by atoms with Gasteiger partial charge in [0, 0.05) is 36.0 Å². The predicted molar refractivity (Wildman–Crippen MR) is 96.7 cm³/mol. The van der Waals surface area contributed by atoms with Crippen molar-refractivity contribution in [3.8, 4) is 0 Å². The van der Waals surface area contributed by atoms with Crippen LogP contribution in [-0.2, 0) is 6.42 Å². The molecule has 0 spiro atoms. The molecular weight excluding hydrogens is 300 g/mol. The fourth-order valence-electron chi connectivity index (χ4n) is 1.71. The van der Waals surface area contributed by atoms with Gasteiger partial charge in [-0.3, -0.25) is 4.99 Å². The summed E-state index contributed by atoms with van der Waals surface area (Å²) in [7, 11) is 1.82. The molecule has 1 heterocycles. The lowest BCUT2D eigenvalue weighted by Crippen LogP contribution is -2.43. The summed E-state index contributed by atoms with van der Waals surface area (Å²) >= 11 is 3.62. The molecule has 0 bridgehead atoms. The van der Waals surface area contributed by atoms with Gasteiger partial charge in [-0.15, -0.1) is 11.3 Å². The van der Waals surface area contributed by atoms with Crippen molar-refractivity contribution in [2.75, 3.05) is 26.4 Å². The molecule has 0 radical (unpaired) electrons. The molecule has 0 aromatic carbocycles. The first-order chi connectivity index (χ1) is 9.96. The van der Waals surface area contributed by atoms with Gasteiger partial charge < -0.3 is 10.6 Å². The van der Waals surface area contributed by atoms with Gasteiger partial charge in [0.2, 0.25) is 0 Å². The zero-order valence-electron chi connectivity index (χ0n) is 13.8. The van der Waals surface area contributed by atoms with Gasteiger partial charge in [-0.25, -0.2) is 4.98 Å². The molecule has 0 atom stereocenters. The van der Waals surface area contributed by atoms with E-state index in [1.54, 1.807) is 11.3 Å². The Morgan fingerprint density at radius 1 is 1.38 bits per heavy atom. The first-order valence-electron chi connectivity index (χ1n) is 7.37. The van der Waals surface area contributed by atoms with E-state index in [-0.39, 0.29) is 4.75 Å². The number of rotatable bonds is 8. The van der Waals surface area contributed by atoms with E-state index in [4.69, 9.17) is 0 Å². The highest BCUT2D eigenvalue weighted by Gasteiger charge is 2.15. The lowest BCUT2D eigenvalue weighted by atomic mass is 10.2. The number of hydrogen-bond donors (Lipinski definition) is 2. The van der Waals surface area contributed by atoms with E-state index in [0.717, 1.165) is 44.0 Å². The maximum absolute atomic E-state index is 4.49. The summed E-state index contributed by atoms with van der Waals surface area (Å²) in [5.41, 5.74) is 1.13. The van der Waals surface area contributed by atoms with Gasteiger partial charge in [-0.1, -0.05) is 0 Å². The highest BCUT2D eigenvalue weighted by Crippen LogP contribution is 2.19. The molecule has 0 aliphatic heterocycles. The summed E-state index contributed by atoms with van der Waals surface area (Å²) in [6.45, 7) is 8.37. The van der Waals surface area contributed by atoms with Crippen molar-refractivity contribution in [2.24, 2.45) is 4.99 Å². The smallest absolute Gasteiger partial charge is 0.191 e. The molecule has 21 heavy (non-hydrogen) atoms. The number of nitrogens with zero attached hydrogens (tertiary/aromatic N) is 2. The van der Waals surface area contributed by atoms with E-state index in [1.165, 1.54) is 5.01 Å². The molecule has 1 aromatic rings. The van der Waals surface area contributed by atoms with Crippen LogP contribution in [0.3, 0.4) is 0 Å². The van der Waals surface area contributed by atoms with Crippen LogP contribution in [0.1, 0.15) is 37.4 Å². The third-order valence-corrected chi connectivity index (χ3v) is 5.51. The number of aromatic nitrogens is 1. The second-order valence-electron chi connectivity index (χ2n) is 5.66. The van der Waals surface area contributed by atoms with Crippen LogP contribution < -0.4 is 10.6 Å². The number of guanidine groups is 1. The van der Waals surface area contributed by atoms with E-state index >= 15 is 0 Å². The summed E-state index contributed by atoms with van der Waals surface area (Å²) in [4.78, 5) is 8.74. The minimum Gasteiger partial charge on any atom is -0.356 e. The van der Waals surface area contributed by atoms with Crippen molar-refractivity contribution >= 4 is 29.1 Å². The Morgan fingerprint density at radius 3 is 2.71 bits per heavy atom. The molecule has 0 saturated heterocycles. The third kappa shape index (κ3) is 7.71. The van der Waals surface area contributed by atoms with Crippen LogP contribution in [0.5, 0.6) is 0 Å². The molecule has 1 rings (SSSR count). The zero-order chi connectivity index (χ0) is 15.7. The predicted octanol–water partition coefficient (Wildman–Crippen LogP) is 3.08. The molecule has 0 aliphatic rings. The molecule has 120 valence electrons. The van der Waals surface area contributed by atoms with Crippen molar-refractivity contribution in [1.82, 2.24) is 15.6 Å². The van der Waals surface area contributed by atoms with Gasteiger partial charge in [0.1, 0.15) is 0 Å². The highest BCUT2D eigenvalue weighted by atomic mass is 32.2. The van der Waals surface area contributed by atoms with Crippen molar-refractivity contribution in [3.63, 3.8) is 0 Å². The summed E-state index contributed by atoms with van der Waals surface area (Å²) in [5, 5.41) is 10.1. The van der Waals surface area contributed by atoms with Crippen LogP contribution in [0.4, 0.5) is 0 Å². The van der Waals surface area contributed by atoms with Crippen LogP contribution in [0, 0.1) is 6.92 Å². The number of aliphatic imine (C=N–C) groups is 1. The van der Waals surface area contributed by atoms with Crippen LogP contribution in [-0.4, -0.2) is 42.1 Å². The lowest BCUT2D eigenvalue weighted by Gasteiger charge is -2.23. The van der Waals surface area contributed by atoms with Gasteiger partial charge in [0.15, 0.2) is 5.96 Å². The Kier molecular flexibility index (Phi) is 8.11. The van der Waals surface area contributed by atoms with Crippen molar-refractivity contribution in [3.05, 3.63) is 16.1 Å². The Hall–Kier alpha value is -0.750. The monoisotopic (exact) mass is 328 g/mol. The summed E-state index contributed by atoms with van der Waals surface area (Å²) in [5.74, 6) is 0.891. The number of thioether (sulfide) groups is 1. The standard InChI is InChI=1S/C15H28N4S2/c1-12-10-21-13(19-12)8-6-7-9-17-14(16-4)18-11-15(2,3)20-5/h10H,6-9,11H2,1-5H3,(H2,16,17,18). The number of nitrogens with one attached hydrogen (secondary N) is 2. The topological polar surface area (TPSA) is 49.3 Å². The second-order valence-corrected chi connectivity index (χ2v) is 8.11. The quantitative estimate of drug-likeness (QED) is 0.437. The van der Waals surface area contributed by atoms with E-state index < -0.39 is 0 Å². The molecular formula is C15H28N4S2. The van der Waals surface area contributed by atoms with E-state index in [2.05, 4.69) is 46.1 Å². The van der Waals surface area contributed by atoms with E-state index in [1.807, 2.05) is 25.7 Å². The van der Waals surface area contributed by atoms with Gasteiger partial charge in [0.25, 0.3) is 0 Å². The van der Waals surface area contributed by atoms with Crippen molar-refractivity contribution < 1.29 is 0 Å². The van der Waals surface area contributed by atoms with Crippen molar-refractivity contribution in [1.29, 1.82) is 0 Å². The molecule has 0 fully saturated rings. The molecule has 1 aromatic heterocycles. The molecule has 0 saturated carbocycles. The van der Waals surface area contributed by atoms with Crippen LogP contribution in [0.15, 0.2) is 10.4 Å². The minimum atomic E-state index is 0.223. The van der Waals surface area contributed by atoms with E-state index in [0.29, 0.717) is 0 Å². The second kappa shape index (κ2) is 9.30. The van der Waals surface area contributed by atoms with Crippen LogP contribution in [0.25, 0.3) is 0 Å². The summed E-state index contributed by atoms with van der Waals surface area (Å²) in [6, 6.07) is 0. The van der Waals surface area contributed by atoms with Crippen LogP contribution >= 0.6 is 23.1 Å². The molecule has 2 N–H and O–H groups in total. The fraction of sp³-hybridized carbons (Fsp3) is 0.733. The van der Waals surface area contributed by atoms with Crippen molar-refractivity contribution in [2.45, 2.75) is 44.8 Å². The molecule has 0 unspecified atom stereocenters. The van der Waals surface area contributed by atoms with E-state index in [9.17, 15) is 0 Å². The average molecular weight is 329 g/mol. The Morgan fingerprint density at radius 2 is 2.14 bits per heavy atom. The molecule has 6 heteroatoms. The van der Waals surface area contributed by atoms with Gasteiger partial charge in [-0.05, 0) is 46.3 Å². The summed E-state index contributed by atoms with van der Waals surface area (Å²) in [6.07, 6.45) is 5.50. The first-order valence-corrected chi connectivity index (χ1v) is 9.48. The first kappa shape index (κ1) is 18.3. The average Bonchev–Trinajstić information content (AvgIpc) is 2.87. The lowest BCUT2D eigenvalue weighted by molar-refractivity contribution is 0.651. The maximum Gasteiger partial charge on any atom is 0.191 e. The Balaban J connectivity index is 2.15.